The van der Waals surface area contributed by atoms with Crippen LogP contribution in [0, 0.1) is 0 Å². The second-order valence-electron chi connectivity index (χ2n) is 5.38. The van der Waals surface area contributed by atoms with Gasteiger partial charge < -0.3 is 15.5 Å². The van der Waals surface area contributed by atoms with E-state index in [1.807, 2.05) is 12.3 Å². The van der Waals surface area contributed by atoms with Gasteiger partial charge in [-0.2, -0.15) is 0 Å². The Labute approximate surface area is 132 Å². The van der Waals surface area contributed by atoms with Gasteiger partial charge in [0.05, 0.1) is 0 Å². The normalized spacial score (nSPS) is 15.9. The third kappa shape index (κ3) is 5.71. The summed E-state index contributed by atoms with van der Waals surface area (Å²) < 4.78 is 0. The van der Waals surface area contributed by atoms with Gasteiger partial charge in [0.25, 0.3) is 0 Å². The molecule has 0 spiro atoms. The van der Waals surface area contributed by atoms with E-state index in [2.05, 4.69) is 32.4 Å². The SMILES string of the molecule is CCCNc1cc(NCCN2CCCCC2)nc(SC)n1. The predicted octanol–water partition coefficient (Wildman–Crippen LogP) is 2.92. The number of hydrogen-bond donors (Lipinski definition) is 2. The van der Waals surface area contributed by atoms with Crippen molar-refractivity contribution in [1.82, 2.24) is 14.9 Å². The van der Waals surface area contributed by atoms with Crippen molar-refractivity contribution in [2.45, 2.75) is 37.8 Å². The van der Waals surface area contributed by atoms with Crippen molar-refractivity contribution in [3.8, 4) is 0 Å². The summed E-state index contributed by atoms with van der Waals surface area (Å²) >= 11 is 1.58. The van der Waals surface area contributed by atoms with E-state index < -0.39 is 0 Å². The number of anilines is 2. The van der Waals surface area contributed by atoms with Crippen molar-refractivity contribution in [3.05, 3.63) is 6.07 Å². The zero-order chi connectivity index (χ0) is 14.9. The number of thioether (sulfide) groups is 1. The number of nitrogens with zero attached hydrogens (tertiary/aromatic N) is 3. The standard InChI is InChI=1S/C15H27N5S/c1-3-7-16-13-12-14(19-15(18-13)21-2)17-8-11-20-9-5-4-6-10-20/h12H,3-11H2,1-2H3,(H2,16,17,18,19). The summed E-state index contributed by atoms with van der Waals surface area (Å²) in [6.07, 6.45) is 7.18. The molecular weight excluding hydrogens is 282 g/mol. The molecule has 6 heteroatoms. The molecule has 1 aliphatic heterocycles. The molecule has 2 heterocycles. The quantitative estimate of drug-likeness (QED) is 0.569. The van der Waals surface area contributed by atoms with Crippen molar-refractivity contribution in [3.63, 3.8) is 0 Å². The summed E-state index contributed by atoms with van der Waals surface area (Å²) in [7, 11) is 0. The van der Waals surface area contributed by atoms with Gasteiger partial charge in [-0.15, -0.1) is 0 Å². The highest BCUT2D eigenvalue weighted by Gasteiger charge is 2.09. The molecule has 2 rings (SSSR count). The number of rotatable bonds is 8. The third-order valence-electron chi connectivity index (χ3n) is 3.63. The lowest BCUT2D eigenvalue weighted by Gasteiger charge is -2.26. The van der Waals surface area contributed by atoms with Gasteiger partial charge in [0.15, 0.2) is 5.16 Å². The monoisotopic (exact) mass is 309 g/mol. The number of hydrogen-bond acceptors (Lipinski definition) is 6. The van der Waals surface area contributed by atoms with Crippen molar-refractivity contribution in [2.24, 2.45) is 0 Å². The maximum Gasteiger partial charge on any atom is 0.191 e. The van der Waals surface area contributed by atoms with Crippen LogP contribution in [0.3, 0.4) is 0 Å². The third-order valence-corrected chi connectivity index (χ3v) is 4.17. The van der Waals surface area contributed by atoms with Crippen LogP contribution in [-0.4, -0.2) is 53.8 Å². The van der Waals surface area contributed by atoms with Crippen LogP contribution in [0.15, 0.2) is 11.2 Å². The Balaban J connectivity index is 1.85. The summed E-state index contributed by atoms with van der Waals surface area (Å²) in [6.45, 7) is 7.61. The zero-order valence-electron chi connectivity index (χ0n) is 13.2. The summed E-state index contributed by atoms with van der Waals surface area (Å²) in [5.41, 5.74) is 0. The van der Waals surface area contributed by atoms with Gasteiger partial charge in [-0.3, -0.25) is 0 Å². The van der Waals surface area contributed by atoms with E-state index in [9.17, 15) is 0 Å². The molecular formula is C15H27N5S. The Morgan fingerprint density at radius 1 is 1.10 bits per heavy atom. The fourth-order valence-corrected chi connectivity index (χ4v) is 2.85. The van der Waals surface area contributed by atoms with E-state index in [1.54, 1.807) is 11.8 Å². The number of aromatic nitrogens is 2. The molecule has 0 bridgehead atoms. The van der Waals surface area contributed by atoms with Crippen LogP contribution in [0.1, 0.15) is 32.6 Å². The molecule has 0 saturated carbocycles. The lowest BCUT2D eigenvalue weighted by Crippen LogP contribution is -2.33. The van der Waals surface area contributed by atoms with Crippen molar-refractivity contribution in [2.75, 3.05) is 49.6 Å². The molecule has 0 radical (unpaired) electrons. The average Bonchev–Trinajstić information content (AvgIpc) is 2.53. The van der Waals surface area contributed by atoms with Gasteiger partial charge in [0.1, 0.15) is 11.6 Å². The Bertz CT molecular complexity index is 421. The first kappa shape index (κ1) is 16.4. The molecule has 0 aliphatic carbocycles. The first-order valence-corrected chi connectivity index (χ1v) is 9.17. The highest BCUT2D eigenvalue weighted by Crippen LogP contribution is 2.17. The van der Waals surface area contributed by atoms with E-state index >= 15 is 0 Å². The van der Waals surface area contributed by atoms with E-state index in [0.29, 0.717) is 0 Å². The smallest absolute Gasteiger partial charge is 0.191 e. The Morgan fingerprint density at radius 2 is 1.76 bits per heavy atom. The minimum Gasteiger partial charge on any atom is -0.370 e. The lowest BCUT2D eigenvalue weighted by molar-refractivity contribution is 0.237. The molecule has 1 saturated heterocycles. The second-order valence-corrected chi connectivity index (χ2v) is 6.15. The van der Waals surface area contributed by atoms with E-state index in [0.717, 1.165) is 42.8 Å². The molecule has 0 atom stereocenters. The minimum atomic E-state index is 0.816. The number of likely N-dealkylation sites (tertiary alicyclic amines) is 1. The van der Waals surface area contributed by atoms with Crippen LogP contribution in [0.4, 0.5) is 11.6 Å². The molecule has 5 nitrogen and oxygen atoms in total. The van der Waals surface area contributed by atoms with Crippen molar-refractivity contribution >= 4 is 23.4 Å². The van der Waals surface area contributed by atoms with Gasteiger partial charge in [-0.05, 0) is 38.6 Å². The first-order chi connectivity index (χ1) is 10.3. The van der Waals surface area contributed by atoms with Gasteiger partial charge in [-0.25, -0.2) is 9.97 Å². The molecule has 1 fully saturated rings. The molecule has 1 aliphatic rings. The summed E-state index contributed by atoms with van der Waals surface area (Å²) in [6, 6.07) is 2.01. The summed E-state index contributed by atoms with van der Waals surface area (Å²) in [4.78, 5) is 11.5. The molecule has 0 aromatic carbocycles. The molecule has 1 aromatic rings. The lowest BCUT2D eigenvalue weighted by atomic mass is 10.1. The van der Waals surface area contributed by atoms with Crippen LogP contribution in [-0.2, 0) is 0 Å². The molecule has 0 amide bonds. The molecule has 118 valence electrons. The minimum absolute atomic E-state index is 0.816. The molecule has 21 heavy (non-hydrogen) atoms. The number of piperidine rings is 1. The van der Waals surface area contributed by atoms with Crippen LogP contribution in [0.25, 0.3) is 0 Å². The first-order valence-electron chi connectivity index (χ1n) is 7.95. The second kappa shape index (κ2) is 9.10. The Morgan fingerprint density at radius 3 is 2.38 bits per heavy atom. The van der Waals surface area contributed by atoms with Crippen LogP contribution in [0.2, 0.25) is 0 Å². The van der Waals surface area contributed by atoms with Gasteiger partial charge in [0, 0.05) is 25.7 Å². The molecule has 1 aromatic heterocycles. The van der Waals surface area contributed by atoms with E-state index in [1.165, 1.54) is 32.4 Å². The van der Waals surface area contributed by atoms with Crippen LogP contribution >= 0.6 is 11.8 Å². The Hall–Kier alpha value is -1.01. The van der Waals surface area contributed by atoms with Gasteiger partial charge >= 0.3 is 0 Å². The topological polar surface area (TPSA) is 53.1 Å². The van der Waals surface area contributed by atoms with Gasteiger partial charge in [0.2, 0.25) is 0 Å². The van der Waals surface area contributed by atoms with Crippen molar-refractivity contribution < 1.29 is 0 Å². The highest BCUT2D eigenvalue weighted by atomic mass is 32.2. The zero-order valence-corrected chi connectivity index (χ0v) is 14.0. The highest BCUT2D eigenvalue weighted by molar-refractivity contribution is 7.98. The largest absolute Gasteiger partial charge is 0.370 e. The maximum atomic E-state index is 4.52. The maximum absolute atomic E-state index is 4.52. The van der Waals surface area contributed by atoms with Gasteiger partial charge in [-0.1, -0.05) is 25.1 Å². The summed E-state index contributed by atoms with van der Waals surface area (Å²) in [5.74, 6) is 1.83. The van der Waals surface area contributed by atoms with E-state index in [4.69, 9.17) is 0 Å². The average molecular weight is 309 g/mol. The summed E-state index contributed by atoms with van der Waals surface area (Å²) in [5, 5.41) is 7.59. The van der Waals surface area contributed by atoms with Crippen molar-refractivity contribution in [1.29, 1.82) is 0 Å². The molecule has 2 N–H and O–H groups in total. The van der Waals surface area contributed by atoms with Crippen LogP contribution in [0.5, 0.6) is 0 Å². The molecule has 0 unspecified atom stereocenters. The number of nitrogens with one attached hydrogen (secondary N) is 2. The fraction of sp³-hybridized carbons (Fsp3) is 0.733. The predicted molar refractivity (Wildman–Crippen MR) is 91.4 cm³/mol. The van der Waals surface area contributed by atoms with Crippen LogP contribution < -0.4 is 10.6 Å². The fourth-order valence-electron chi connectivity index (χ4n) is 2.48. The Kier molecular flexibility index (Phi) is 7.09. The van der Waals surface area contributed by atoms with E-state index in [-0.39, 0.29) is 0 Å².